The number of carboxylic acids is 1. The largest absolute Gasteiger partial charge is 0.477 e. The molecule has 0 bridgehead atoms. The van der Waals surface area contributed by atoms with Crippen molar-refractivity contribution in [1.82, 2.24) is 0 Å². The van der Waals surface area contributed by atoms with E-state index >= 15 is 0 Å². The van der Waals surface area contributed by atoms with Crippen molar-refractivity contribution in [3.05, 3.63) is 33.4 Å². The van der Waals surface area contributed by atoms with Crippen molar-refractivity contribution in [2.45, 2.75) is 0 Å². The molecule has 1 N–H and O–H groups in total. The number of thiophene rings is 1. The Labute approximate surface area is 91.1 Å². The smallest absolute Gasteiger partial charge is 0.345 e. The first-order chi connectivity index (χ1) is 6.59. The van der Waals surface area contributed by atoms with E-state index in [1.165, 1.54) is 6.07 Å². The van der Waals surface area contributed by atoms with Crippen LogP contribution < -0.4 is 0 Å². The maximum Gasteiger partial charge on any atom is 0.345 e. The van der Waals surface area contributed by atoms with Gasteiger partial charge in [-0.15, -0.1) is 11.3 Å². The highest BCUT2D eigenvalue weighted by Gasteiger charge is 2.12. The summed E-state index contributed by atoms with van der Waals surface area (Å²) >= 11 is 4.11. The Bertz CT molecular complexity index is 521. The number of aromatic carboxylic acids is 1. The van der Waals surface area contributed by atoms with Crippen molar-refractivity contribution in [1.29, 1.82) is 0 Å². The second kappa shape index (κ2) is 3.33. The van der Waals surface area contributed by atoms with Crippen LogP contribution in [0, 0.1) is 5.82 Å². The molecule has 0 aliphatic heterocycles. The first-order valence-electron chi connectivity index (χ1n) is 3.70. The average molecular weight is 275 g/mol. The zero-order valence-electron chi connectivity index (χ0n) is 6.75. The fraction of sp³-hybridized carbons (Fsp3) is 0. The summed E-state index contributed by atoms with van der Waals surface area (Å²) in [5.41, 5.74) is 0. The van der Waals surface area contributed by atoms with E-state index in [-0.39, 0.29) is 4.88 Å². The lowest BCUT2D eigenvalue weighted by Gasteiger charge is -1.93. The van der Waals surface area contributed by atoms with E-state index in [0.717, 1.165) is 11.3 Å². The topological polar surface area (TPSA) is 37.3 Å². The Morgan fingerprint density at radius 1 is 1.50 bits per heavy atom. The van der Waals surface area contributed by atoms with Crippen LogP contribution in [-0.2, 0) is 0 Å². The summed E-state index contributed by atoms with van der Waals surface area (Å²) in [7, 11) is 0. The second-order valence-corrected chi connectivity index (χ2v) is 4.63. The van der Waals surface area contributed by atoms with Crippen LogP contribution in [0.25, 0.3) is 10.1 Å². The number of halogens is 2. The standard InChI is InChI=1S/C9H4BrFO2S/c10-5-1-2-6-4(8(5)11)3-7(14-6)9(12)13/h1-3H,(H,12,13). The predicted octanol–water partition coefficient (Wildman–Crippen LogP) is 3.50. The lowest BCUT2D eigenvalue weighted by atomic mass is 10.2. The van der Waals surface area contributed by atoms with Gasteiger partial charge in [0.05, 0.1) is 4.47 Å². The van der Waals surface area contributed by atoms with Gasteiger partial charge in [0.1, 0.15) is 10.7 Å². The highest BCUT2D eigenvalue weighted by atomic mass is 79.9. The third-order valence-electron chi connectivity index (χ3n) is 1.80. The van der Waals surface area contributed by atoms with Crippen molar-refractivity contribution in [3.63, 3.8) is 0 Å². The third kappa shape index (κ3) is 1.42. The summed E-state index contributed by atoms with van der Waals surface area (Å²) in [5, 5.41) is 9.07. The summed E-state index contributed by atoms with van der Waals surface area (Å²) in [5.74, 6) is -1.44. The van der Waals surface area contributed by atoms with Gasteiger partial charge in [0.15, 0.2) is 0 Å². The van der Waals surface area contributed by atoms with E-state index in [4.69, 9.17) is 5.11 Å². The monoisotopic (exact) mass is 274 g/mol. The Balaban J connectivity index is 2.77. The molecular formula is C9H4BrFO2S. The number of hydrogen-bond acceptors (Lipinski definition) is 2. The molecule has 0 unspecified atom stereocenters. The van der Waals surface area contributed by atoms with Crippen LogP contribution in [0.2, 0.25) is 0 Å². The molecule has 0 aliphatic carbocycles. The van der Waals surface area contributed by atoms with E-state index in [0.29, 0.717) is 14.6 Å². The van der Waals surface area contributed by atoms with Crippen LogP contribution in [0.15, 0.2) is 22.7 Å². The fourth-order valence-corrected chi connectivity index (χ4v) is 2.40. The molecule has 2 nitrogen and oxygen atoms in total. The normalized spacial score (nSPS) is 10.7. The van der Waals surface area contributed by atoms with Crippen LogP contribution >= 0.6 is 27.3 Å². The Hall–Kier alpha value is -0.940. The quantitative estimate of drug-likeness (QED) is 0.864. The summed E-state index contributed by atoms with van der Waals surface area (Å²) in [6, 6.07) is 4.61. The molecule has 0 atom stereocenters. The first-order valence-corrected chi connectivity index (χ1v) is 5.31. The molecule has 0 radical (unpaired) electrons. The lowest BCUT2D eigenvalue weighted by Crippen LogP contribution is -1.89. The summed E-state index contributed by atoms with van der Waals surface area (Å²) < 4.78 is 14.4. The van der Waals surface area contributed by atoms with Gasteiger partial charge in [-0.05, 0) is 34.1 Å². The maximum absolute atomic E-state index is 13.4. The van der Waals surface area contributed by atoms with E-state index in [9.17, 15) is 9.18 Å². The van der Waals surface area contributed by atoms with Crippen LogP contribution in [0.1, 0.15) is 9.67 Å². The Morgan fingerprint density at radius 3 is 2.86 bits per heavy atom. The SMILES string of the molecule is O=C(O)c1cc2c(F)c(Br)ccc2s1. The van der Waals surface area contributed by atoms with Crippen LogP contribution in [-0.4, -0.2) is 11.1 Å². The Morgan fingerprint density at radius 2 is 2.21 bits per heavy atom. The van der Waals surface area contributed by atoms with Gasteiger partial charge in [-0.1, -0.05) is 0 Å². The molecule has 72 valence electrons. The molecule has 5 heteroatoms. The molecule has 1 aromatic carbocycles. The molecule has 0 saturated heterocycles. The number of carboxylic acid groups (broad SMARTS) is 1. The first kappa shape index (κ1) is 9.61. The van der Waals surface area contributed by atoms with Gasteiger partial charge in [0.2, 0.25) is 0 Å². The van der Waals surface area contributed by atoms with Gasteiger partial charge >= 0.3 is 5.97 Å². The zero-order chi connectivity index (χ0) is 10.3. The highest BCUT2D eigenvalue weighted by molar-refractivity contribution is 9.10. The average Bonchev–Trinajstić information content (AvgIpc) is 2.56. The van der Waals surface area contributed by atoms with Crippen LogP contribution in [0.3, 0.4) is 0 Å². The lowest BCUT2D eigenvalue weighted by molar-refractivity contribution is 0.0702. The van der Waals surface area contributed by atoms with E-state index in [1.54, 1.807) is 12.1 Å². The van der Waals surface area contributed by atoms with E-state index in [2.05, 4.69) is 15.9 Å². The van der Waals surface area contributed by atoms with Crippen molar-refractivity contribution in [2.75, 3.05) is 0 Å². The van der Waals surface area contributed by atoms with Crippen molar-refractivity contribution in [2.24, 2.45) is 0 Å². The van der Waals surface area contributed by atoms with Crippen molar-refractivity contribution >= 4 is 43.3 Å². The number of rotatable bonds is 1. The molecule has 1 aromatic heterocycles. The van der Waals surface area contributed by atoms with Gasteiger partial charge in [-0.2, -0.15) is 0 Å². The number of carbonyl (C=O) groups is 1. The molecule has 0 amide bonds. The maximum atomic E-state index is 13.4. The molecule has 0 spiro atoms. The summed E-state index contributed by atoms with van der Waals surface area (Å²) in [6.07, 6.45) is 0. The number of benzene rings is 1. The third-order valence-corrected chi connectivity index (χ3v) is 3.50. The van der Waals surface area contributed by atoms with Crippen molar-refractivity contribution in [3.8, 4) is 0 Å². The minimum Gasteiger partial charge on any atom is -0.477 e. The molecule has 1 heterocycles. The Kier molecular flexibility index (Phi) is 2.28. The van der Waals surface area contributed by atoms with Gasteiger partial charge in [-0.3, -0.25) is 0 Å². The van der Waals surface area contributed by atoms with Gasteiger partial charge < -0.3 is 5.11 Å². The molecular weight excluding hydrogens is 271 g/mol. The highest BCUT2D eigenvalue weighted by Crippen LogP contribution is 2.31. The summed E-state index contributed by atoms with van der Waals surface area (Å²) in [6.45, 7) is 0. The van der Waals surface area contributed by atoms with Crippen molar-refractivity contribution < 1.29 is 14.3 Å². The van der Waals surface area contributed by atoms with E-state index in [1.807, 2.05) is 0 Å². The minimum absolute atomic E-state index is 0.150. The molecule has 2 aromatic rings. The molecule has 0 aliphatic rings. The summed E-state index contributed by atoms with van der Waals surface area (Å²) in [4.78, 5) is 10.8. The molecule has 14 heavy (non-hydrogen) atoms. The van der Waals surface area contributed by atoms with Crippen LogP contribution in [0.4, 0.5) is 4.39 Å². The van der Waals surface area contributed by atoms with E-state index < -0.39 is 11.8 Å². The number of fused-ring (bicyclic) bond motifs is 1. The second-order valence-electron chi connectivity index (χ2n) is 2.69. The van der Waals surface area contributed by atoms with Gasteiger partial charge in [-0.25, -0.2) is 9.18 Å². The van der Waals surface area contributed by atoms with Gasteiger partial charge in [0.25, 0.3) is 0 Å². The van der Waals surface area contributed by atoms with Crippen LogP contribution in [0.5, 0.6) is 0 Å². The van der Waals surface area contributed by atoms with Gasteiger partial charge in [0, 0.05) is 10.1 Å². The molecule has 0 saturated carbocycles. The zero-order valence-corrected chi connectivity index (χ0v) is 9.15. The number of hydrogen-bond donors (Lipinski definition) is 1. The minimum atomic E-state index is -1.03. The molecule has 0 fully saturated rings. The fourth-order valence-electron chi connectivity index (χ4n) is 1.16. The predicted molar refractivity (Wildman–Crippen MR) is 56.4 cm³/mol. The molecule has 2 rings (SSSR count).